The summed E-state index contributed by atoms with van der Waals surface area (Å²) in [7, 11) is 0. The Labute approximate surface area is 233 Å². The largest absolute Gasteiger partial charge is 0.505 e. The zero-order valence-electron chi connectivity index (χ0n) is 21.3. The molecule has 1 saturated heterocycles. The minimum Gasteiger partial charge on any atom is -0.505 e. The molecule has 3 fully saturated rings. The number of ketones is 1. The average molecular weight is 555 g/mol. The van der Waals surface area contributed by atoms with Gasteiger partial charge in [0, 0.05) is 43.2 Å². The van der Waals surface area contributed by atoms with Crippen LogP contribution in [0, 0.1) is 11.8 Å². The second kappa shape index (κ2) is 10.6. The normalized spacial score (nSPS) is 24.1. The number of anilines is 1. The van der Waals surface area contributed by atoms with Crippen molar-refractivity contribution in [3.63, 3.8) is 0 Å². The minimum atomic E-state index is -0.172. The summed E-state index contributed by atoms with van der Waals surface area (Å²) in [4.78, 5) is 20.3. The summed E-state index contributed by atoms with van der Waals surface area (Å²) in [6.45, 7) is 2.86. The number of benzene rings is 2. The van der Waals surface area contributed by atoms with Gasteiger partial charge >= 0.3 is 0 Å². The molecule has 3 aliphatic rings. The van der Waals surface area contributed by atoms with Crippen LogP contribution in [0.15, 0.2) is 36.5 Å². The molecule has 2 heterocycles. The Morgan fingerprint density at radius 2 is 1.74 bits per heavy atom. The molecule has 200 valence electrons. The summed E-state index contributed by atoms with van der Waals surface area (Å²) < 4.78 is 0. The summed E-state index contributed by atoms with van der Waals surface area (Å²) in [6, 6.07) is 9.64. The predicted molar refractivity (Wildman–Crippen MR) is 152 cm³/mol. The molecule has 0 bridgehead atoms. The Morgan fingerprint density at radius 3 is 2.39 bits per heavy atom. The number of hydrogen-bond donors (Lipinski definition) is 3. The molecule has 0 radical (unpaired) electrons. The van der Waals surface area contributed by atoms with Crippen LogP contribution < -0.4 is 5.32 Å². The van der Waals surface area contributed by atoms with Crippen molar-refractivity contribution < 1.29 is 15.0 Å². The SMILES string of the molecule is O=C(c1cnc2ccc(-c3cc(Cl)c(O)c(Cl)c3)cc2c1NC1CCC(CN2CCC(O)C2)CC1)C1CC1. The summed E-state index contributed by atoms with van der Waals surface area (Å²) in [5.41, 5.74) is 4.04. The topological polar surface area (TPSA) is 85.7 Å². The number of carbonyl (C=O) groups excluding carboxylic acids is 1. The van der Waals surface area contributed by atoms with Crippen LogP contribution in [0.2, 0.25) is 10.0 Å². The Hall–Kier alpha value is -2.38. The lowest BCUT2D eigenvalue weighted by molar-refractivity contribution is 0.0968. The summed E-state index contributed by atoms with van der Waals surface area (Å²) in [5.74, 6) is 0.787. The van der Waals surface area contributed by atoms with Crippen LogP contribution in [0.5, 0.6) is 5.75 Å². The van der Waals surface area contributed by atoms with Crippen molar-refractivity contribution in [3.8, 4) is 16.9 Å². The number of nitrogens with one attached hydrogen (secondary N) is 1. The molecule has 1 aliphatic heterocycles. The highest BCUT2D eigenvalue weighted by Gasteiger charge is 2.33. The van der Waals surface area contributed by atoms with Gasteiger partial charge in [-0.05, 0) is 86.3 Å². The van der Waals surface area contributed by atoms with E-state index in [1.54, 1.807) is 18.3 Å². The van der Waals surface area contributed by atoms with E-state index < -0.39 is 0 Å². The molecule has 3 aromatic rings. The van der Waals surface area contributed by atoms with Crippen LogP contribution in [0.1, 0.15) is 55.3 Å². The maximum atomic E-state index is 13.3. The molecule has 1 unspecified atom stereocenters. The first-order chi connectivity index (χ1) is 18.4. The maximum Gasteiger partial charge on any atom is 0.169 e. The Balaban J connectivity index is 1.28. The van der Waals surface area contributed by atoms with Crippen molar-refractivity contribution in [2.24, 2.45) is 11.8 Å². The number of Topliss-reactive ketones (excluding diaryl/α,β-unsaturated/α-hetero) is 1. The second-order valence-corrected chi connectivity index (χ2v) is 12.1. The van der Waals surface area contributed by atoms with Crippen molar-refractivity contribution in [1.82, 2.24) is 9.88 Å². The summed E-state index contributed by atoms with van der Waals surface area (Å²) >= 11 is 12.4. The molecule has 6 nitrogen and oxygen atoms in total. The van der Waals surface area contributed by atoms with E-state index in [4.69, 9.17) is 23.2 Å². The second-order valence-electron chi connectivity index (χ2n) is 11.3. The molecule has 0 amide bonds. The van der Waals surface area contributed by atoms with Gasteiger partial charge in [0.15, 0.2) is 11.5 Å². The van der Waals surface area contributed by atoms with Gasteiger partial charge < -0.3 is 20.4 Å². The number of likely N-dealkylation sites (tertiary alicyclic amines) is 1. The van der Waals surface area contributed by atoms with Gasteiger partial charge in [-0.1, -0.05) is 29.3 Å². The molecule has 38 heavy (non-hydrogen) atoms. The highest BCUT2D eigenvalue weighted by atomic mass is 35.5. The molecule has 2 aliphatic carbocycles. The van der Waals surface area contributed by atoms with Crippen LogP contribution in [0.4, 0.5) is 5.69 Å². The van der Waals surface area contributed by atoms with Crippen molar-refractivity contribution in [3.05, 3.63) is 52.1 Å². The molecule has 1 atom stereocenters. The fraction of sp³-hybridized carbons (Fsp3) is 0.467. The van der Waals surface area contributed by atoms with Gasteiger partial charge in [-0.15, -0.1) is 0 Å². The Kier molecular flexibility index (Phi) is 7.25. The number of fused-ring (bicyclic) bond motifs is 1. The zero-order valence-corrected chi connectivity index (χ0v) is 22.8. The van der Waals surface area contributed by atoms with Crippen LogP contribution in [-0.4, -0.2) is 57.7 Å². The Bertz CT molecular complexity index is 1350. The van der Waals surface area contributed by atoms with E-state index >= 15 is 0 Å². The molecular weight excluding hydrogens is 521 g/mol. The average Bonchev–Trinajstić information content (AvgIpc) is 3.69. The third kappa shape index (κ3) is 5.37. The molecule has 8 heteroatoms. The number of aromatic nitrogens is 1. The van der Waals surface area contributed by atoms with E-state index in [2.05, 4.69) is 15.2 Å². The zero-order chi connectivity index (χ0) is 26.4. The molecule has 6 rings (SSSR count). The number of carbonyl (C=O) groups is 1. The van der Waals surface area contributed by atoms with Gasteiger partial charge in [0.1, 0.15) is 0 Å². The lowest BCUT2D eigenvalue weighted by Crippen LogP contribution is -2.33. The summed E-state index contributed by atoms with van der Waals surface area (Å²) in [5, 5.41) is 24.9. The number of aliphatic hydroxyl groups is 1. The van der Waals surface area contributed by atoms with Crippen molar-refractivity contribution in [1.29, 1.82) is 0 Å². The van der Waals surface area contributed by atoms with E-state index in [0.29, 0.717) is 11.5 Å². The number of aromatic hydroxyl groups is 1. The first kappa shape index (κ1) is 25.9. The van der Waals surface area contributed by atoms with E-state index in [0.717, 1.165) is 92.3 Å². The number of halogens is 2. The third-order valence-electron chi connectivity index (χ3n) is 8.39. The van der Waals surface area contributed by atoms with Gasteiger partial charge in [-0.3, -0.25) is 9.78 Å². The van der Waals surface area contributed by atoms with Crippen LogP contribution in [0.3, 0.4) is 0 Å². The van der Waals surface area contributed by atoms with Crippen LogP contribution in [-0.2, 0) is 0 Å². The van der Waals surface area contributed by atoms with Gasteiger partial charge in [0.05, 0.1) is 32.9 Å². The van der Waals surface area contributed by atoms with Crippen molar-refractivity contribution >= 4 is 45.6 Å². The van der Waals surface area contributed by atoms with E-state index in [1.807, 2.05) is 18.2 Å². The van der Waals surface area contributed by atoms with Crippen molar-refractivity contribution in [2.45, 2.75) is 57.1 Å². The van der Waals surface area contributed by atoms with Crippen molar-refractivity contribution in [2.75, 3.05) is 25.0 Å². The highest BCUT2D eigenvalue weighted by molar-refractivity contribution is 6.37. The molecule has 2 aromatic carbocycles. The standard InChI is InChI=1S/C30H33Cl2N3O3/c31-25-12-20(13-26(32)30(25)38)19-5-8-27-23(11-19)28(24(14-33-27)29(37)18-3-4-18)34-21-6-1-17(2-7-21)15-35-10-9-22(36)16-35/h5,8,11-14,17-18,21-22,36,38H,1-4,6-7,9-10,15-16H2,(H,33,34). The first-order valence-electron chi connectivity index (χ1n) is 13.7. The first-order valence-corrected chi connectivity index (χ1v) is 14.4. The number of rotatable bonds is 7. The lowest BCUT2D eigenvalue weighted by Gasteiger charge is -2.32. The summed E-state index contributed by atoms with van der Waals surface area (Å²) in [6.07, 6.45) is 8.69. The lowest BCUT2D eigenvalue weighted by atomic mass is 9.85. The number of phenolic OH excluding ortho intramolecular Hbond substituents is 1. The van der Waals surface area contributed by atoms with Gasteiger partial charge in [-0.2, -0.15) is 0 Å². The van der Waals surface area contributed by atoms with E-state index in [-0.39, 0.29) is 39.6 Å². The monoisotopic (exact) mass is 553 g/mol. The Morgan fingerprint density at radius 1 is 1.00 bits per heavy atom. The third-order valence-corrected chi connectivity index (χ3v) is 8.97. The van der Waals surface area contributed by atoms with Crippen LogP contribution in [0.25, 0.3) is 22.0 Å². The van der Waals surface area contributed by atoms with Gasteiger partial charge in [0.2, 0.25) is 0 Å². The minimum absolute atomic E-state index is 0.0965. The number of phenols is 1. The number of nitrogens with zero attached hydrogens (tertiary/aromatic N) is 2. The number of pyridine rings is 1. The molecular formula is C30H33Cl2N3O3. The van der Waals surface area contributed by atoms with E-state index in [9.17, 15) is 15.0 Å². The molecule has 1 aromatic heterocycles. The number of aliphatic hydroxyl groups excluding tert-OH is 1. The van der Waals surface area contributed by atoms with Crippen LogP contribution >= 0.6 is 23.2 Å². The maximum absolute atomic E-state index is 13.3. The highest BCUT2D eigenvalue weighted by Crippen LogP contribution is 2.41. The molecule has 2 saturated carbocycles. The fourth-order valence-electron chi connectivity index (χ4n) is 6.05. The predicted octanol–water partition coefficient (Wildman–Crippen LogP) is 6.54. The quantitative estimate of drug-likeness (QED) is 0.288. The molecule has 3 N–H and O–H groups in total. The smallest absolute Gasteiger partial charge is 0.169 e. The van der Waals surface area contributed by atoms with Gasteiger partial charge in [0.25, 0.3) is 0 Å². The van der Waals surface area contributed by atoms with E-state index in [1.165, 1.54) is 0 Å². The fourth-order valence-corrected chi connectivity index (χ4v) is 6.54. The van der Waals surface area contributed by atoms with Gasteiger partial charge in [-0.25, -0.2) is 0 Å². The molecule has 0 spiro atoms. The number of β-amino-alcohol motifs (C(OH)–C–C–N with tert-alkyl or cyclic N) is 1. The number of hydrogen-bond acceptors (Lipinski definition) is 6.